The van der Waals surface area contributed by atoms with E-state index in [-0.39, 0.29) is 0 Å². The molecule has 0 aromatic carbocycles. The number of hydrogen-bond donors (Lipinski definition) is 0. The van der Waals surface area contributed by atoms with Crippen molar-refractivity contribution < 1.29 is 0 Å². The van der Waals surface area contributed by atoms with Gasteiger partial charge in [-0.05, 0) is 43.4 Å². The van der Waals surface area contributed by atoms with Crippen molar-refractivity contribution in [2.24, 2.45) is 17.8 Å². The lowest BCUT2D eigenvalue weighted by Crippen LogP contribution is -2.05. The van der Waals surface area contributed by atoms with Crippen molar-refractivity contribution in [3.05, 3.63) is 24.8 Å². The van der Waals surface area contributed by atoms with E-state index < -0.39 is 0 Å². The highest BCUT2D eigenvalue weighted by Crippen LogP contribution is 2.49. The summed E-state index contributed by atoms with van der Waals surface area (Å²) in [5.74, 6) is 2.68. The third kappa shape index (κ3) is 1.05. The molecule has 0 nitrogen and oxygen atoms in total. The summed E-state index contributed by atoms with van der Waals surface area (Å²) in [5, 5.41) is 0. The molecule has 0 bridgehead atoms. The molecule has 2 rings (SSSR count). The largest absolute Gasteiger partial charge is 0.103 e. The van der Waals surface area contributed by atoms with E-state index in [2.05, 4.69) is 19.2 Å². The minimum atomic E-state index is 0.805. The topological polar surface area (TPSA) is 0 Å². The molecule has 0 spiro atoms. The summed E-state index contributed by atoms with van der Waals surface area (Å²) < 4.78 is 0. The Balaban J connectivity index is 2.12. The van der Waals surface area contributed by atoms with Crippen LogP contribution in [0.3, 0.4) is 0 Å². The summed E-state index contributed by atoms with van der Waals surface area (Å²) in [6.45, 7) is 7.97. The SMILES string of the molecule is C=C[C@H]1CC[C@H]2CC(=C)C[C@@H]21. The van der Waals surface area contributed by atoms with E-state index in [0.717, 1.165) is 17.8 Å². The summed E-state index contributed by atoms with van der Waals surface area (Å²) in [4.78, 5) is 0. The first-order valence-corrected chi connectivity index (χ1v) is 4.60. The molecule has 2 saturated carbocycles. The molecule has 2 aliphatic carbocycles. The Morgan fingerprint density at radius 1 is 1.27 bits per heavy atom. The minimum absolute atomic E-state index is 0.805. The van der Waals surface area contributed by atoms with Gasteiger partial charge in [0.1, 0.15) is 0 Å². The van der Waals surface area contributed by atoms with Gasteiger partial charge in [-0.2, -0.15) is 0 Å². The van der Waals surface area contributed by atoms with Crippen LogP contribution in [0.2, 0.25) is 0 Å². The zero-order chi connectivity index (χ0) is 7.84. The first-order chi connectivity index (χ1) is 5.31. The fourth-order valence-corrected chi connectivity index (χ4v) is 2.84. The Morgan fingerprint density at radius 3 is 2.82 bits per heavy atom. The molecule has 0 saturated heterocycles. The van der Waals surface area contributed by atoms with Crippen molar-refractivity contribution in [3.8, 4) is 0 Å². The van der Waals surface area contributed by atoms with E-state index in [1.807, 2.05) is 0 Å². The molecule has 60 valence electrons. The predicted molar refractivity (Wildman–Crippen MR) is 48.3 cm³/mol. The lowest BCUT2D eigenvalue weighted by Gasteiger charge is -2.12. The molecular formula is C11H16. The van der Waals surface area contributed by atoms with Crippen molar-refractivity contribution in [2.45, 2.75) is 25.7 Å². The molecule has 2 aliphatic rings. The maximum atomic E-state index is 4.07. The highest BCUT2D eigenvalue weighted by molar-refractivity contribution is 5.11. The molecule has 0 N–H and O–H groups in total. The Morgan fingerprint density at radius 2 is 2.09 bits per heavy atom. The van der Waals surface area contributed by atoms with Gasteiger partial charge in [-0.3, -0.25) is 0 Å². The van der Waals surface area contributed by atoms with Crippen LogP contribution in [-0.2, 0) is 0 Å². The minimum Gasteiger partial charge on any atom is -0.103 e. The van der Waals surface area contributed by atoms with E-state index in [4.69, 9.17) is 0 Å². The van der Waals surface area contributed by atoms with Crippen LogP contribution in [0.1, 0.15) is 25.7 Å². The molecule has 0 heterocycles. The Labute approximate surface area is 69.0 Å². The number of fused-ring (bicyclic) bond motifs is 1. The molecule has 2 fully saturated rings. The summed E-state index contributed by atoms with van der Waals surface area (Å²) >= 11 is 0. The quantitative estimate of drug-likeness (QED) is 0.501. The summed E-state index contributed by atoms with van der Waals surface area (Å²) in [7, 11) is 0. The van der Waals surface area contributed by atoms with Crippen LogP contribution in [0.15, 0.2) is 24.8 Å². The van der Waals surface area contributed by atoms with Crippen LogP contribution in [0.25, 0.3) is 0 Å². The average molecular weight is 148 g/mol. The van der Waals surface area contributed by atoms with Crippen molar-refractivity contribution >= 4 is 0 Å². The third-order valence-corrected chi connectivity index (χ3v) is 3.40. The fourth-order valence-electron chi connectivity index (χ4n) is 2.84. The van der Waals surface area contributed by atoms with Crippen LogP contribution < -0.4 is 0 Å². The molecule has 0 aromatic rings. The molecular weight excluding hydrogens is 132 g/mol. The van der Waals surface area contributed by atoms with E-state index in [9.17, 15) is 0 Å². The lowest BCUT2D eigenvalue weighted by atomic mass is 9.92. The van der Waals surface area contributed by atoms with Crippen molar-refractivity contribution in [3.63, 3.8) is 0 Å². The fraction of sp³-hybridized carbons (Fsp3) is 0.636. The van der Waals surface area contributed by atoms with Gasteiger partial charge < -0.3 is 0 Å². The maximum Gasteiger partial charge on any atom is -0.0202 e. The Hall–Kier alpha value is -0.520. The number of allylic oxidation sites excluding steroid dienone is 2. The number of hydrogen-bond acceptors (Lipinski definition) is 0. The van der Waals surface area contributed by atoms with Gasteiger partial charge in [0.15, 0.2) is 0 Å². The van der Waals surface area contributed by atoms with E-state index in [1.54, 1.807) is 0 Å². The van der Waals surface area contributed by atoms with Gasteiger partial charge in [0, 0.05) is 0 Å². The zero-order valence-corrected chi connectivity index (χ0v) is 7.05. The maximum absolute atomic E-state index is 4.07. The normalized spacial score (nSPS) is 42.5. The Kier molecular flexibility index (Phi) is 1.63. The predicted octanol–water partition coefficient (Wildman–Crippen LogP) is 3.16. The number of rotatable bonds is 1. The Bertz CT molecular complexity index is 190. The summed E-state index contributed by atoms with van der Waals surface area (Å²) in [5.41, 5.74) is 1.48. The second-order valence-corrected chi connectivity index (χ2v) is 4.06. The van der Waals surface area contributed by atoms with Gasteiger partial charge in [0.05, 0.1) is 0 Å². The van der Waals surface area contributed by atoms with Crippen molar-refractivity contribution in [2.75, 3.05) is 0 Å². The first kappa shape index (κ1) is 7.15. The second-order valence-electron chi connectivity index (χ2n) is 4.06. The van der Waals surface area contributed by atoms with Crippen molar-refractivity contribution in [1.29, 1.82) is 0 Å². The van der Waals surface area contributed by atoms with Gasteiger partial charge in [-0.1, -0.05) is 18.2 Å². The lowest BCUT2D eigenvalue weighted by molar-refractivity contribution is 0.406. The molecule has 0 amide bonds. The molecule has 11 heavy (non-hydrogen) atoms. The van der Waals surface area contributed by atoms with Crippen LogP contribution in [0.4, 0.5) is 0 Å². The van der Waals surface area contributed by atoms with E-state index >= 15 is 0 Å². The smallest absolute Gasteiger partial charge is 0.0202 e. The van der Waals surface area contributed by atoms with Gasteiger partial charge in [-0.15, -0.1) is 6.58 Å². The molecule has 0 unspecified atom stereocenters. The average Bonchev–Trinajstić information content (AvgIpc) is 2.45. The first-order valence-electron chi connectivity index (χ1n) is 4.60. The van der Waals surface area contributed by atoms with Crippen LogP contribution in [0, 0.1) is 17.8 Å². The molecule has 0 heteroatoms. The second kappa shape index (κ2) is 2.51. The zero-order valence-electron chi connectivity index (χ0n) is 7.05. The standard InChI is InChI=1S/C11H16/c1-3-9-4-5-10-6-8(2)7-11(9)10/h3,9-11H,1-2,4-7H2/t9-,10-,11+/m0/s1. The third-order valence-electron chi connectivity index (χ3n) is 3.40. The monoisotopic (exact) mass is 148 g/mol. The van der Waals surface area contributed by atoms with Gasteiger partial charge in [0.25, 0.3) is 0 Å². The summed E-state index contributed by atoms with van der Waals surface area (Å²) in [6.07, 6.45) is 7.53. The molecule has 0 radical (unpaired) electrons. The van der Waals surface area contributed by atoms with Gasteiger partial charge in [0.2, 0.25) is 0 Å². The van der Waals surface area contributed by atoms with Crippen LogP contribution >= 0.6 is 0 Å². The van der Waals surface area contributed by atoms with Gasteiger partial charge in [-0.25, -0.2) is 0 Å². The highest BCUT2D eigenvalue weighted by atomic mass is 14.4. The van der Waals surface area contributed by atoms with Gasteiger partial charge >= 0.3 is 0 Å². The van der Waals surface area contributed by atoms with Crippen LogP contribution in [-0.4, -0.2) is 0 Å². The van der Waals surface area contributed by atoms with Crippen LogP contribution in [0.5, 0.6) is 0 Å². The molecule has 3 atom stereocenters. The van der Waals surface area contributed by atoms with E-state index in [0.29, 0.717) is 0 Å². The highest BCUT2D eigenvalue weighted by Gasteiger charge is 2.38. The van der Waals surface area contributed by atoms with Crippen molar-refractivity contribution in [1.82, 2.24) is 0 Å². The molecule has 0 aliphatic heterocycles. The summed E-state index contributed by atoms with van der Waals surface area (Å²) in [6, 6.07) is 0. The molecule has 0 aromatic heterocycles. The van der Waals surface area contributed by atoms with E-state index in [1.165, 1.54) is 31.3 Å².